The minimum absolute atomic E-state index is 0.362. The van der Waals surface area contributed by atoms with Gasteiger partial charge in [-0.2, -0.15) is 0 Å². The molecule has 72 valence electrons. The molecule has 1 heterocycles. The van der Waals surface area contributed by atoms with Crippen LogP contribution in [0.2, 0.25) is 0 Å². The zero-order chi connectivity index (χ0) is 9.68. The molecule has 1 unspecified atom stereocenters. The van der Waals surface area contributed by atoms with Crippen molar-refractivity contribution in [2.75, 3.05) is 13.1 Å². The molecule has 1 rings (SSSR count). The van der Waals surface area contributed by atoms with E-state index in [1.165, 1.54) is 0 Å². The lowest BCUT2D eigenvalue weighted by Gasteiger charge is -2.23. The predicted octanol–water partition coefficient (Wildman–Crippen LogP) is 0.949. The molecule has 1 saturated heterocycles. The molecule has 0 bridgehead atoms. The average Bonchev–Trinajstić information content (AvgIpc) is 2.30. The fraction of sp³-hybridized carbons (Fsp3) is 0.700. The fourth-order valence-corrected chi connectivity index (χ4v) is 1.75. The number of terminal acetylenes is 1. The Morgan fingerprint density at radius 1 is 1.54 bits per heavy atom. The van der Waals surface area contributed by atoms with Crippen LogP contribution in [0, 0.1) is 12.3 Å². The second-order valence-corrected chi connectivity index (χ2v) is 3.38. The quantitative estimate of drug-likeness (QED) is 0.645. The minimum Gasteiger partial charge on any atom is -0.480 e. The van der Waals surface area contributed by atoms with Crippen LogP contribution in [0.25, 0.3) is 0 Å². The van der Waals surface area contributed by atoms with Gasteiger partial charge in [0.1, 0.15) is 6.04 Å². The molecule has 3 nitrogen and oxygen atoms in total. The fourth-order valence-electron chi connectivity index (χ4n) is 1.75. The molecule has 3 heteroatoms. The normalized spacial score (nSPS) is 24.7. The summed E-state index contributed by atoms with van der Waals surface area (Å²) >= 11 is 0. The van der Waals surface area contributed by atoms with Crippen molar-refractivity contribution in [1.29, 1.82) is 0 Å². The molecule has 1 N–H and O–H groups in total. The van der Waals surface area contributed by atoms with Crippen molar-refractivity contribution in [2.24, 2.45) is 0 Å². The van der Waals surface area contributed by atoms with E-state index in [9.17, 15) is 4.79 Å². The zero-order valence-corrected chi connectivity index (χ0v) is 7.70. The van der Waals surface area contributed by atoms with E-state index in [-0.39, 0.29) is 6.04 Å². The Morgan fingerprint density at radius 3 is 2.92 bits per heavy atom. The number of aliphatic carboxylic acids is 1. The van der Waals surface area contributed by atoms with E-state index >= 15 is 0 Å². The molecule has 0 aromatic rings. The molecule has 0 radical (unpaired) electrons. The molecule has 1 atom stereocenters. The SMILES string of the molecule is C#CCN1CCCCCC1C(=O)O. The van der Waals surface area contributed by atoms with Crippen molar-refractivity contribution in [3.8, 4) is 12.3 Å². The number of hydrogen-bond donors (Lipinski definition) is 1. The van der Waals surface area contributed by atoms with Gasteiger partial charge >= 0.3 is 5.97 Å². The average molecular weight is 181 g/mol. The number of likely N-dealkylation sites (tertiary alicyclic amines) is 1. The highest BCUT2D eigenvalue weighted by Gasteiger charge is 2.25. The van der Waals surface area contributed by atoms with Crippen molar-refractivity contribution >= 4 is 5.97 Å². The van der Waals surface area contributed by atoms with Crippen LogP contribution in [-0.2, 0) is 4.79 Å². The summed E-state index contributed by atoms with van der Waals surface area (Å²) < 4.78 is 0. The zero-order valence-electron chi connectivity index (χ0n) is 7.70. The summed E-state index contributed by atoms with van der Waals surface area (Å²) in [5, 5.41) is 8.95. The number of nitrogens with zero attached hydrogens (tertiary/aromatic N) is 1. The summed E-state index contributed by atoms with van der Waals surface area (Å²) in [5.41, 5.74) is 0. The van der Waals surface area contributed by atoms with Gasteiger partial charge in [-0.15, -0.1) is 6.42 Å². The summed E-state index contributed by atoms with van der Waals surface area (Å²) in [4.78, 5) is 12.8. The van der Waals surface area contributed by atoms with Gasteiger partial charge in [-0.3, -0.25) is 9.69 Å². The van der Waals surface area contributed by atoms with Gasteiger partial charge in [0.25, 0.3) is 0 Å². The van der Waals surface area contributed by atoms with Crippen LogP contribution >= 0.6 is 0 Å². The topological polar surface area (TPSA) is 40.5 Å². The monoisotopic (exact) mass is 181 g/mol. The number of rotatable bonds is 2. The summed E-state index contributed by atoms with van der Waals surface area (Å²) in [6.45, 7) is 1.28. The minimum atomic E-state index is -0.739. The van der Waals surface area contributed by atoms with Crippen LogP contribution in [-0.4, -0.2) is 35.1 Å². The Labute approximate surface area is 78.7 Å². The smallest absolute Gasteiger partial charge is 0.320 e. The van der Waals surface area contributed by atoms with Gasteiger partial charge in [0.15, 0.2) is 0 Å². The lowest BCUT2D eigenvalue weighted by molar-refractivity contribution is -0.143. The maximum atomic E-state index is 10.9. The molecule has 0 saturated carbocycles. The number of carboxylic acids is 1. The Balaban J connectivity index is 2.62. The molecule has 0 amide bonds. The van der Waals surface area contributed by atoms with E-state index in [2.05, 4.69) is 5.92 Å². The van der Waals surface area contributed by atoms with E-state index in [0.717, 1.165) is 32.2 Å². The number of hydrogen-bond acceptors (Lipinski definition) is 2. The first-order valence-electron chi connectivity index (χ1n) is 4.66. The van der Waals surface area contributed by atoms with E-state index in [1.54, 1.807) is 0 Å². The van der Waals surface area contributed by atoms with Crippen molar-refractivity contribution < 1.29 is 9.90 Å². The van der Waals surface area contributed by atoms with Crippen molar-refractivity contribution in [3.05, 3.63) is 0 Å². The molecule has 0 spiro atoms. The number of carboxylic acid groups (broad SMARTS) is 1. The second-order valence-electron chi connectivity index (χ2n) is 3.38. The van der Waals surface area contributed by atoms with Crippen LogP contribution in [0.3, 0.4) is 0 Å². The van der Waals surface area contributed by atoms with Gasteiger partial charge in [-0.25, -0.2) is 0 Å². The van der Waals surface area contributed by atoms with E-state index in [0.29, 0.717) is 6.54 Å². The summed E-state index contributed by atoms with van der Waals surface area (Å²) in [6.07, 6.45) is 9.10. The first-order valence-corrected chi connectivity index (χ1v) is 4.66. The third kappa shape index (κ3) is 2.74. The Hall–Kier alpha value is -1.01. The molecular weight excluding hydrogens is 166 g/mol. The third-order valence-electron chi connectivity index (χ3n) is 2.44. The predicted molar refractivity (Wildman–Crippen MR) is 50.3 cm³/mol. The van der Waals surface area contributed by atoms with Gasteiger partial charge in [0.2, 0.25) is 0 Å². The first-order chi connectivity index (χ1) is 6.25. The lowest BCUT2D eigenvalue weighted by atomic mass is 10.1. The maximum absolute atomic E-state index is 10.9. The Kier molecular flexibility index (Phi) is 3.78. The second kappa shape index (κ2) is 4.88. The lowest BCUT2D eigenvalue weighted by Crippen LogP contribution is -2.40. The van der Waals surface area contributed by atoms with E-state index < -0.39 is 5.97 Å². The highest BCUT2D eigenvalue weighted by molar-refractivity contribution is 5.73. The summed E-state index contributed by atoms with van der Waals surface area (Å²) in [6, 6.07) is -0.362. The Morgan fingerprint density at radius 2 is 2.31 bits per heavy atom. The molecule has 0 aliphatic carbocycles. The largest absolute Gasteiger partial charge is 0.480 e. The highest BCUT2D eigenvalue weighted by atomic mass is 16.4. The van der Waals surface area contributed by atoms with Crippen LogP contribution in [0.5, 0.6) is 0 Å². The summed E-state index contributed by atoms with van der Waals surface area (Å²) in [5.74, 6) is 1.77. The van der Waals surface area contributed by atoms with Gasteiger partial charge in [-0.1, -0.05) is 18.8 Å². The molecule has 1 aliphatic heterocycles. The van der Waals surface area contributed by atoms with Gasteiger partial charge < -0.3 is 5.11 Å². The maximum Gasteiger partial charge on any atom is 0.320 e. The molecule has 0 aromatic carbocycles. The van der Waals surface area contributed by atoms with Gasteiger partial charge in [0.05, 0.1) is 6.54 Å². The molecular formula is C10H15NO2. The molecule has 0 aromatic heterocycles. The highest BCUT2D eigenvalue weighted by Crippen LogP contribution is 2.16. The van der Waals surface area contributed by atoms with Crippen molar-refractivity contribution in [1.82, 2.24) is 4.90 Å². The van der Waals surface area contributed by atoms with Crippen LogP contribution < -0.4 is 0 Å². The van der Waals surface area contributed by atoms with Crippen LogP contribution in [0.4, 0.5) is 0 Å². The Bertz CT molecular complexity index is 219. The summed E-state index contributed by atoms with van der Waals surface area (Å²) in [7, 11) is 0. The first kappa shape index (κ1) is 10.1. The van der Waals surface area contributed by atoms with Gasteiger partial charge in [0, 0.05) is 0 Å². The number of carbonyl (C=O) groups is 1. The van der Waals surface area contributed by atoms with Crippen molar-refractivity contribution in [3.63, 3.8) is 0 Å². The van der Waals surface area contributed by atoms with Crippen LogP contribution in [0.1, 0.15) is 25.7 Å². The van der Waals surface area contributed by atoms with Gasteiger partial charge in [-0.05, 0) is 19.4 Å². The standard InChI is InChI=1S/C10H15NO2/c1-2-7-11-8-5-3-4-6-9(11)10(12)13/h1,9H,3-8H2,(H,12,13). The molecule has 1 aliphatic rings. The van der Waals surface area contributed by atoms with Crippen LogP contribution in [0.15, 0.2) is 0 Å². The molecule has 13 heavy (non-hydrogen) atoms. The van der Waals surface area contributed by atoms with Crippen molar-refractivity contribution in [2.45, 2.75) is 31.7 Å². The van der Waals surface area contributed by atoms with E-state index in [4.69, 9.17) is 11.5 Å². The third-order valence-corrected chi connectivity index (χ3v) is 2.44. The van der Waals surface area contributed by atoms with E-state index in [1.807, 2.05) is 4.90 Å². The molecule has 1 fully saturated rings.